The molecule has 0 aliphatic heterocycles. The molecule has 0 aromatic heterocycles. The molecule has 1 atom stereocenters. The van der Waals surface area contributed by atoms with E-state index in [4.69, 9.17) is 0 Å². The van der Waals surface area contributed by atoms with Crippen LogP contribution in [0.2, 0.25) is 0 Å². The highest BCUT2D eigenvalue weighted by molar-refractivity contribution is 5.59. The Labute approximate surface area is 90.9 Å². The molecule has 82 valence electrons. The van der Waals surface area contributed by atoms with Gasteiger partial charge < -0.3 is 10.2 Å². The van der Waals surface area contributed by atoms with Crippen LogP contribution in [0.4, 0.5) is 0 Å². The highest BCUT2D eigenvalue weighted by Gasteiger charge is 2.03. The Morgan fingerprint density at radius 2 is 1.80 bits per heavy atom. The molecular weight excluding hydrogens is 188 g/mol. The van der Waals surface area contributed by atoms with Gasteiger partial charge in [0.1, 0.15) is 11.5 Å². The molecular formula is C13H18O2. The number of hydrogen-bond donors (Lipinski definition) is 2. The lowest BCUT2D eigenvalue weighted by molar-refractivity contribution is 0.459. The lowest BCUT2D eigenvalue weighted by atomic mass is 9.97. The van der Waals surface area contributed by atoms with Crippen molar-refractivity contribution in [3.8, 4) is 11.5 Å². The van der Waals surface area contributed by atoms with E-state index >= 15 is 0 Å². The molecule has 2 N–H and O–H groups in total. The van der Waals surface area contributed by atoms with Gasteiger partial charge >= 0.3 is 0 Å². The van der Waals surface area contributed by atoms with Crippen molar-refractivity contribution >= 4 is 6.08 Å². The molecule has 1 aromatic rings. The van der Waals surface area contributed by atoms with Crippen LogP contribution in [-0.2, 0) is 0 Å². The topological polar surface area (TPSA) is 40.5 Å². The predicted octanol–water partition coefficient (Wildman–Crippen LogP) is 3.40. The van der Waals surface area contributed by atoms with E-state index in [9.17, 15) is 10.2 Å². The normalized spacial score (nSPS) is 13.6. The van der Waals surface area contributed by atoms with Gasteiger partial charge in [0.15, 0.2) is 0 Å². The second-order valence-corrected chi connectivity index (χ2v) is 4.21. The molecule has 0 spiro atoms. The molecule has 2 nitrogen and oxygen atoms in total. The largest absolute Gasteiger partial charge is 0.508 e. The SMILES string of the molecule is CC(C)C(C)/C=C\c1cc(O)ccc1O. The summed E-state index contributed by atoms with van der Waals surface area (Å²) in [6.07, 6.45) is 3.89. The van der Waals surface area contributed by atoms with Crippen molar-refractivity contribution < 1.29 is 10.2 Å². The average molecular weight is 206 g/mol. The molecule has 0 amide bonds. The fraction of sp³-hybridized carbons (Fsp3) is 0.385. The summed E-state index contributed by atoms with van der Waals surface area (Å²) in [6.45, 7) is 6.43. The van der Waals surface area contributed by atoms with Crippen molar-refractivity contribution in [1.82, 2.24) is 0 Å². The first-order valence-corrected chi connectivity index (χ1v) is 5.21. The summed E-state index contributed by atoms with van der Waals surface area (Å²) < 4.78 is 0. The zero-order valence-corrected chi connectivity index (χ0v) is 9.44. The minimum absolute atomic E-state index is 0.171. The third-order valence-electron chi connectivity index (χ3n) is 2.64. The second-order valence-electron chi connectivity index (χ2n) is 4.21. The van der Waals surface area contributed by atoms with Crippen molar-refractivity contribution in [3.63, 3.8) is 0 Å². The van der Waals surface area contributed by atoms with Crippen LogP contribution in [0.1, 0.15) is 26.3 Å². The van der Waals surface area contributed by atoms with Gasteiger partial charge in [-0.3, -0.25) is 0 Å². The van der Waals surface area contributed by atoms with E-state index in [1.165, 1.54) is 12.1 Å². The first kappa shape index (κ1) is 11.6. The van der Waals surface area contributed by atoms with Crippen molar-refractivity contribution in [2.75, 3.05) is 0 Å². The van der Waals surface area contributed by atoms with Crippen LogP contribution in [0.15, 0.2) is 24.3 Å². The highest BCUT2D eigenvalue weighted by atomic mass is 16.3. The van der Waals surface area contributed by atoms with E-state index in [0.29, 0.717) is 17.4 Å². The van der Waals surface area contributed by atoms with Gasteiger partial charge in [-0.15, -0.1) is 0 Å². The van der Waals surface area contributed by atoms with E-state index in [-0.39, 0.29) is 11.5 Å². The molecule has 0 saturated heterocycles. The van der Waals surface area contributed by atoms with Crippen LogP contribution in [0.3, 0.4) is 0 Å². The molecule has 1 unspecified atom stereocenters. The third kappa shape index (κ3) is 3.31. The Morgan fingerprint density at radius 3 is 2.40 bits per heavy atom. The van der Waals surface area contributed by atoms with Crippen LogP contribution in [0, 0.1) is 11.8 Å². The van der Waals surface area contributed by atoms with Gasteiger partial charge in [-0.2, -0.15) is 0 Å². The van der Waals surface area contributed by atoms with Crippen LogP contribution in [0.5, 0.6) is 11.5 Å². The minimum atomic E-state index is 0.171. The monoisotopic (exact) mass is 206 g/mol. The average Bonchev–Trinajstić information content (AvgIpc) is 2.18. The van der Waals surface area contributed by atoms with E-state index < -0.39 is 0 Å². The van der Waals surface area contributed by atoms with Crippen molar-refractivity contribution in [1.29, 1.82) is 0 Å². The van der Waals surface area contributed by atoms with Gasteiger partial charge in [0.25, 0.3) is 0 Å². The van der Waals surface area contributed by atoms with Crippen LogP contribution in [0.25, 0.3) is 6.08 Å². The molecule has 1 rings (SSSR count). The predicted molar refractivity (Wildman–Crippen MR) is 62.8 cm³/mol. The third-order valence-corrected chi connectivity index (χ3v) is 2.64. The number of aromatic hydroxyl groups is 2. The highest BCUT2D eigenvalue weighted by Crippen LogP contribution is 2.24. The Balaban J connectivity index is 2.84. The van der Waals surface area contributed by atoms with Crippen LogP contribution in [-0.4, -0.2) is 10.2 Å². The summed E-state index contributed by atoms with van der Waals surface area (Å²) in [5.41, 5.74) is 0.655. The molecule has 0 bridgehead atoms. The maximum Gasteiger partial charge on any atom is 0.123 e. The molecule has 0 radical (unpaired) electrons. The number of hydrogen-bond acceptors (Lipinski definition) is 2. The summed E-state index contributed by atoms with van der Waals surface area (Å²) in [6, 6.07) is 4.52. The molecule has 0 saturated carbocycles. The first-order chi connectivity index (χ1) is 7.00. The Bertz CT molecular complexity index is 354. The second kappa shape index (κ2) is 4.87. The Morgan fingerprint density at radius 1 is 1.13 bits per heavy atom. The van der Waals surface area contributed by atoms with Crippen LogP contribution < -0.4 is 0 Å². The quantitative estimate of drug-likeness (QED) is 0.744. The fourth-order valence-corrected chi connectivity index (χ4v) is 1.15. The van der Waals surface area contributed by atoms with E-state index in [1.807, 2.05) is 12.2 Å². The van der Waals surface area contributed by atoms with Gasteiger partial charge in [0, 0.05) is 5.56 Å². The summed E-state index contributed by atoms with van der Waals surface area (Å²) >= 11 is 0. The molecule has 15 heavy (non-hydrogen) atoms. The molecule has 0 aliphatic carbocycles. The van der Waals surface area contributed by atoms with Crippen LogP contribution >= 0.6 is 0 Å². The fourth-order valence-electron chi connectivity index (χ4n) is 1.15. The summed E-state index contributed by atoms with van der Waals surface area (Å²) in [5, 5.41) is 18.8. The molecule has 0 aliphatic rings. The maximum absolute atomic E-state index is 9.52. The van der Waals surface area contributed by atoms with Gasteiger partial charge in [-0.25, -0.2) is 0 Å². The minimum Gasteiger partial charge on any atom is -0.508 e. The standard InChI is InChI=1S/C13H18O2/c1-9(2)10(3)4-5-11-8-12(14)6-7-13(11)15/h4-10,14-15H,1-3H3/b5-4-. The zero-order chi connectivity index (χ0) is 11.4. The van der Waals surface area contributed by atoms with Gasteiger partial charge in [0.2, 0.25) is 0 Å². The molecule has 0 heterocycles. The zero-order valence-electron chi connectivity index (χ0n) is 9.44. The Kier molecular flexibility index (Phi) is 3.78. The van der Waals surface area contributed by atoms with Gasteiger partial charge in [0.05, 0.1) is 0 Å². The molecule has 1 aromatic carbocycles. The maximum atomic E-state index is 9.52. The summed E-state index contributed by atoms with van der Waals surface area (Å²) in [7, 11) is 0. The number of phenols is 2. The summed E-state index contributed by atoms with van der Waals surface area (Å²) in [5.74, 6) is 1.39. The lowest BCUT2D eigenvalue weighted by Gasteiger charge is -2.09. The number of phenolic OH excluding ortho intramolecular Hbond substituents is 2. The van der Waals surface area contributed by atoms with E-state index in [0.717, 1.165) is 0 Å². The first-order valence-electron chi connectivity index (χ1n) is 5.21. The van der Waals surface area contributed by atoms with Crippen molar-refractivity contribution in [2.45, 2.75) is 20.8 Å². The lowest BCUT2D eigenvalue weighted by Crippen LogP contribution is -1.98. The van der Waals surface area contributed by atoms with Crippen molar-refractivity contribution in [3.05, 3.63) is 29.8 Å². The van der Waals surface area contributed by atoms with E-state index in [1.54, 1.807) is 6.07 Å². The smallest absolute Gasteiger partial charge is 0.123 e. The van der Waals surface area contributed by atoms with Gasteiger partial charge in [-0.1, -0.05) is 32.9 Å². The summed E-state index contributed by atoms with van der Waals surface area (Å²) in [4.78, 5) is 0. The van der Waals surface area contributed by atoms with Gasteiger partial charge in [-0.05, 0) is 30.0 Å². The number of benzene rings is 1. The Hall–Kier alpha value is -1.44. The van der Waals surface area contributed by atoms with Crippen molar-refractivity contribution in [2.24, 2.45) is 11.8 Å². The number of allylic oxidation sites excluding steroid dienone is 1. The molecule has 2 heteroatoms. The van der Waals surface area contributed by atoms with E-state index in [2.05, 4.69) is 20.8 Å². The molecule has 0 fully saturated rings. The number of rotatable bonds is 3.